The number of rotatable bonds is 1. The average molecular weight is 367 g/mol. The minimum atomic E-state index is -3.51. The maximum atomic E-state index is 13.2. The Balaban J connectivity index is 2.52. The van der Waals surface area contributed by atoms with Crippen LogP contribution in [0.3, 0.4) is 0 Å². The minimum Gasteiger partial charge on any atom is -0.195 e. The summed E-state index contributed by atoms with van der Waals surface area (Å²) in [7, 11) is -3.51. The molecule has 1 fully saturated rings. The molecule has 1 aliphatic heterocycles. The van der Waals surface area contributed by atoms with Gasteiger partial charge in [0.25, 0.3) is 10.2 Å². The molecule has 1 heterocycles. The van der Waals surface area contributed by atoms with Crippen LogP contribution in [0.5, 0.6) is 0 Å². The standard InChI is InChI=1S/C20H34N2O2S/c1-18(2,3)16-12-10-15(11-13-16)17-14-21(19(4,5)6)25(23,24)22(17)20(7,8)9/h10-13,17H,14H2,1-9H3. The summed E-state index contributed by atoms with van der Waals surface area (Å²) in [5.41, 5.74) is 1.47. The zero-order chi connectivity index (χ0) is 19.4. The van der Waals surface area contributed by atoms with Gasteiger partial charge < -0.3 is 0 Å². The summed E-state index contributed by atoms with van der Waals surface area (Å²) >= 11 is 0. The molecule has 5 heteroatoms. The van der Waals surface area contributed by atoms with Crippen LogP contribution >= 0.6 is 0 Å². The summed E-state index contributed by atoms with van der Waals surface area (Å²) < 4.78 is 29.8. The van der Waals surface area contributed by atoms with Crippen LogP contribution in [0.4, 0.5) is 0 Å². The lowest BCUT2D eigenvalue weighted by Crippen LogP contribution is -2.49. The molecule has 1 aromatic carbocycles. The van der Waals surface area contributed by atoms with Gasteiger partial charge in [0.15, 0.2) is 0 Å². The first-order valence-corrected chi connectivity index (χ1v) is 10.4. The van der Waals surface area contributed by atoms with Gasteiger partial charge in [0, 0.05) is 17.6 Å². The molecule has 0 bridgehead atoms. The number of hydrogen-bond acceptors (Lipinski definition) is 2. The van der Waals surface area contributed by atoms with Crippen molar-refractivity contribution in [1.82, 2.24) is 8.61 Å². The maximum absolute atomic E-state index is 13.2. The lowest BCUT2D eigenvalue weighted by Gasteiger charge is -2.36. The van der Waals surface area contributed by atoms with E-state index >= 15 is 0 Å². The molecule has 25 heavy (non-hydrogen) atoms. The van der Waals surface area contributed by atoms with Crippen LogP contribution < -0.4 is 0 Å². The zero-order valence-electron chi connectivity index (χ0n) is 17.2. The highest BCUT2D eigenvalue weighted by Crippen LogP contribution is 2.42. The van der Waals surface area contributed by atoms with E-state index in [1.165, 1.54) is 5.56 Å². The van der Waals surface area contributed by atoms with Gasteiger partial charge in [-0.05, 0) is 58.1 Å². The fraction of sp³-hybridized carbons (Fsp3) is 0.700. The highest BCUT2D eigenvalue weighted by Gasteiger charge is 2.52. The van der Waals surface area contributed by atoms with Gasteiger partial charge in [-0.25, -0.2) is 0 Å². The van der Waals surface area contributed by atoms with E-state index in [-0.39, 0.29) is 11.5 Å². The minimum absolute atomic E-state index is 0.0848. The van der Waals surface area contributed by atoms with Crippen molar-refractivity contribution in [3.8, 4) is 0 Å². The second kappa shape index (κ2) is 6.07. The molecule has 1 unspecified atom stereocenters. The predicted octanol–water partition coefficient (Wildman–Crippen LogP) is 4.48. The van der Waals surface area contributed by atoms with Crippen molar-refractivity contribution in [3.63, 3.8) is 0 Å². The summed E-state index contributed by atoms with van der Waals surface area (Å²) in [5, 5.41) is 0. The van der Waals surface area contributed by atoms with Crippen molar-refractivity contribution in [2.45, 2.75) is 84.8 Å². The Hall–Kier alpha value is -0.910. The highest BCUT2D eigenvalue weighted by atomic mass is 32.2. The number of benzene rings is 1. The van der Waals surface area contributed by atoms with Crippen molar-refractivity contribution < 1.29 is 8.42 Å². The lowest BCUT2D eigenvalue weighted by atomic mass is 9.86. The van der Waals surface area contributed by atoms with Crippen LogP contribution in [0.25, 0.3) is 0 Å². The molecule has 0 amide bonds. The molecular weight excluding hydrogens is 332 g/mol. The molecule has 1 aromatic rings. The van der Waals surface area contributed by atoms with E-state index in [4.69, 9.17) is 0 Å². The molecule has 0 aliphatic carbocycles. The summed E-state index contributed by atoms with van der Waals surface area (Å²) in [5.74, 6) is 0. The topological polar surface area (TPSA) is 40.6 Å². The Labute approximate surface area is 154 Å². The second-order valence-corrected chi connectivity index (χ2v) is 11.8. The van der Waals surface area contributed by atoms with Gasteiger partial charge in [0.1, 0.15) is 0 Å². The molecule has 1 saturated heterocycles. The van der Waals surface area contributed by atoms with Gasteiger partial charge in [0.05, 0.1) is 6.04 Å². The normalized spacial score (nSPS) is 23.2. The van der Waals surface area contributed by atoms with Crippen LogP contribution in [0.1, 0.15) is 79.5 Å². The van der Waals surface area contributed by atoms with E-state index in [1.54, 1.807) is 8.61 Å². The summed E-state index contributed by atoms with van der Waals surface area (Å²) in [4.78, 5) is 0. The van der Waals surface area contributed by atoms with Crippen LogP contribution in [0, 0.1) is 0 Å². The Morgan fingerprint density at radius 3 is 1.68 bits per heavy atom. The van der Waals surface area contributed by atoms with E-state index in [9.17, 15) is 8.42 Å². The summed E-state index contributed by atoms with van der Waals surface area (Å²) in [6.45, 7) is 18.8. The first-order valence-electron chi connectivity index (χ1n) is 8.99. The predicted molar refractivity (Wildman–Crippen MR) is 105 cm³/mol. The number of hydrogen-bond donors (Lipinski definition) is 0. The van der Waals surface area contributed by atoms with E-state index in [2.05, 4.69) is 45.0 Å². The van der Waals surface area contributed by atoms with Crippen molar-refractivity contribution in [3.05, 3.63) is 35.4 Å². The fourth-order valence-electron chi connectivity index (χ4n) is 3.47. The molecule has 2 rings (SSSR count). The molecule has 0 N–H and O–H groups in total. The third kappa shape index (κ3) is 3.93. The monoisotopic (exact) mass is 366 g/mol. The van der Waals surface area contributed by atoms with Crippen molar-refractivity contribution in [1.29, 1.82) is 0 Å². The summed E-state index contributed by atoms with van der Waals surface area (Å²) in [6.07, 6.45) is 0. The molecule has 0 spiro atoms. The summed E-state index contributed by atoms with van der Waals surface area (Å²) in [6, 6.07) is 8.26. The van der Waals surface area contributed by atoms with Crippen LogP contribution in [0.15, 0.2) is 24.3 Å². The molecule has 0 aromatic heterocycles. The van der Waals surface area contributed by atoms with E-state index in [1.807, 2.05) is 41.5 Å². The maximum Gasteiger partial charge on any atom is 0.283 e. The largest absolute Gasteiger partial charge is 0.283 e. The van der Waals surface area contributed by atoms with Gasteiger partial charge >= 0.3 is 0 Å². The van der Waals surface area contributed by atoms with Crippen LogP contribution in [-0.2, 0) is 15.6 Å². The van der Waals surface area contributed by atoms with E-state index < -0.39 is 21.3 Å². The molecule has 0 radical (unpaired) electrons. The van der Waals surface area contributed by atoms with Crippen molar-refractivity contribution >= 4 is 10.2 Å². The van der Waals surface area contributed by atoms with Crippen molar-refractivity contribution in [2.24, 2.45) is 0 Å². The molecule has 142 valence electrons. The third-order valence-electron chi connectivity index (χ3n) is 4.72. The Morgan fingerprint density at radius 1 is 0.840 bits per heavy atom. The number of nitrogens with zero attached hydrogens (tertiary/aromatic N) is 2. The van der Waals surface area contributed by atoms with Gasteiger partial charge in [0.2, 0.25) is 0 Å². The average Bonchev–Trinajstić information content (AvgIpc) is 2.69. The molecule has 1 atom stereocenters. The SMILES string of the molecule is CC(C)(C)c1ccc(C2CN(C(C)(C)C)S(=O)(=O)N2C(C)(C)C)cc1. The Bertz CT molecular complexity index is 717. The second-order valence-electron chi connectivity index (χ2n) is 10.1. The molecule has 4 nitrogen and oxygen atoms in total. The van der Waals surface area contributed by atoms with Gasteiger partial charge in [-0.15, -0.1) is 0 Å². The first kappa shape index (κ1) is 20.4. The Morgan fingerprint density at radius 2 is 1.32 bits per heavy atom. The highest BCUT2D eigenvalue weighted by molar-refractivity contribution is 7.87. The first-order chi connectivity index (χ1) is 11.1. The van der Waals surface area contributed by atoms with E-state index in [0.717, 1.165) is 5.56 Å². The van der Waals surface area contributed by atoms with Gasteiger partial charge in [-0.2, -0.15) is 17.0 Å². The third-order valence-corrected chi connectivity index (χ3v) is 7.27. The van der Waals surface area contributed by atoms with Crippen LogP contribution in [0.2, 0.25) is 0 Å². The van der Waals surface area contributed by atoms with E-state index in [0.29, 0.717) is 6.54 Å². The van der Waals surface area contributed by atoms with Crippen LogP contribution in [-0.4, -0.2) is 34.7 Å². The quantitative estimate of drug-likeness (QED) is 0.735. The Kier molecular flexibility index (Phi) is 4.95. The van der Waals surface area contributed by atoms with Crippen molar-refractivity contribution in [2.75, 3.05) is 6.54 Å². The molecule has 1 aliphatic rings. The zero-order valence-corrected chi connectivity index (χ0v) is 18.0. The molecule has 0 saturated carbocycles. The van der Waals surface area contributed by atoms with Gasteiger partial charge in [-0.1, -0.05) is 45.0 Å². The smallest absolute Gasteiger partial charge is 0.195 e. The molecular formula is C20H34N2O2S. The lowest BCUT2D eigenvalue weighted by molar-refractivity contribution is 0.205. The fourth-order valence-corrected chi connectivity index (χ4v) is 5.91. The van der Waals surface area contributed by atoms with Gasteiger partial charge in [-0.3, -0.25) is 0 Å².